The van der Waals surface area contributed by atoms with Crippen LogP contribution in [0.5, 0.6) is 0 Å². The maximum absolute atomic E-state index is 12.3. The lowest BCUT2D eigenvalue weighted by molar-refractivity contribution is 0.600. The summed E-state index contributed by atoms with van der Waals surface area (Å²) in [4.78, 5) is 4.21. The number of nitrogens with one attached hydrogen (secondary N) is 2. The van der Waals surface area contributed by atoms with Crippen LogP contribution in [-0.4, -0.2) is 19.9 Å². The van der Waals surface area contributed by atoms with Crippen LogP contribution in [0, 0.1) is 0 Å². The molecule has 0 unspecified atom stereocenters. The molecule has 0 aliphatic heterocycles. The van der Waals surface area contributed by atoms with Crippen LogP contribution >= 0.6 is 0 Å². The number of sulfonamides is 1. The van der Waals surface area contributed by atoms with Crippen LogP contribution in [0.15, 0.2) is 53.6 Å². The lowest BCUT2D eigenvalue weighted by Crippen LogP contribution is -2.16. The van der Waals surface area contributed by atoms with Gasteiger partial charge in [-0.2, -0.15) is 0 Å². The first-order valence-corrected chi connectivity index (χ1v) is 8.33. The molecular formula is C15H19N3O2S. The van der Waals surface area contributed by atoms with Gasteiger partial charge in [0.1, 0.15) is 5.82 Å². The third-order valence-corrected chi connectivity index (χ3v) is 4.22. The fourth-order valence-electron chi connectivity index (χ4n) is 1.85. The highest BCUT2D eigenvalue weighted by atomic mass is 32.2. The van der Waals surface area contributed by atoms with Gasteiger partial charge in [0.25, 0.3) is 10.0 Å². The fourth-order valence-corrected chi connectivity index (χ4v) is 2.93. The van der Waals surface area contributed by atoms with E-state index < -0.39 is 10.0 Å². The smallest absolute Gasteiger partial charge is 0.263 e. The van der Waals surface area contributed by atoms with E-state index in [1.165, 1.54) is 0 Å². The molecule has 2 rings (SSSR count). The molecule has 0 atom stereocenters. The van der Waals surface area contributed by atoms with Crippen molar-refractivity contribution in [3.8, 4) is 0 Å². The van der Waals surface area contributed by atoms with Gasteiger partial charge in [0.05, 0.1) is 4.90 Å². The SMILES string of the molecule is CCCNCc1cccc(S(=O)(=O)Nc2ccccn2)c1. The predicted molar refractivity (Wildman–Crippen MR) is 83.5 cm³/mol. The first-order chi connectivity index (χ1) is 10.1. The summed E-state index contributed by atoms with van der Waals surface area (Å²) in [5.74, 6) is 0.312. The monoisotopic (exact) mass is 305 g/mol. The molecule has 5 nitrogen and oxygen atoms in total. The maximum atomic E-state index is 12.3. The van der Waals surface area contributed by atoms with Crippen LogP contribution in [0.3, 0.4) is 0 Å². The van der Waals surface area contributed by atoms with Gasteiger partial charge in [-0.3, -0.25) is 4.72 Å². The highest BCUT2D eigenvalue weighted by Crippen LogP contribution is 2.15. The average molecular weight is 305 g/mol. The first-order valence-electron chi connectivity index (χ1n) is 6.85. The van der Waals surface area contributed by atoms with E-state index in [1.807, 2.05) is 6.07 Å². The summed E-state index contributed by atoms with van der Waals surface area (Å²) in [6.07, 6.45) is 2.59. The van der Waals surface area contributed by atoms with Crippen molar-refractivity contribution < 1.29 is 8.42 Å². The second kappa shape index (κ2) is 7.19. The van der Waals surface area contributed by atoms with Gasteiger partial charge in [-0.1, -0.05) is 25.1 Å². The molecule has 2 aromatic rings. The van der Waals surface area contributed by atoms with E-state index >= 15 is 0 Å². The predicted octanol–water partition coefficient (Wildman–Crippen LogP) is 2.38. The quantitative estimate of drug-likeness (QED) is 0.771. The van der Waals surface area contributed by atoms with E-state index in [4.69, 9.17) is 0 Å². The van der Waals surface area contributed by atoms with Crippen LogP contribution in [0.2, 0.25) is 0 Å². The Morgan fingerprint density at radius 1 is 1.14 bits per heavy atom. The highest BCUT2D eigenvalue weighted by Gasteiger charge is 2.14. The summed E-state index contributed by atoms with van der Waals surface area (Å²) in [6.45, 7) is 3.65. The number of anilines is 1. The molecule has 112 valence electrons. The van der Waals surface area contributed by atoms with Gasteiger partial charge in [-0.15, -0.1) is 0 Å². The zero-order chi connectivity index (χ0) is 15.1. The minimum absolute atomic E-state index is 0.240. The second-order valence-electron chi connectivity index (χ2n) is 4.64. The number of hydrogen-bond acceptors (Lipinski definition) is 4. The van der Waals surface area contributed by atoms with Crippen LogP contribution < -0.4 is 10.0 Å². The van der Waals surface area contributed by atoms with Crippen LogP contribution in [0.1, 0.15) is 18.9 Å². The molecule has 1 aromatic heterocycles. The van der Waals surface area contributed by atoms with Gasteiger partial charge in [-0.05, 0) is 42.8 Å². The minimum atomic E-state index is -3.61. The van der Waals surface area contributed by atoms with Gasteiger partial charge < -0.3 is 5.32 Å². The Morgan fingerprint density at radius 2 is 2.00 bits per heavy atom. The molecule has 0 aliphatic rings. The standard InChI is InChI=1S/C15H19N3O2S/c1-2-9-16-12-13-6-5-7-14(11-13)21(19,20)18-15-8-3-4-10-17-15/h3-8,10-11,16H,2,9,12H2,1H3,(H,17,18). The van der Waals surface area contributed by atoms with Gasteiger partial charge in [-0.25, -0.2) is 13.4 Å². The first kappa shape index (κ1) is 15.5. The van der Waals surface area contributed by atoms with Crippen molar-refractivity contribution in [3.05, 3.63) is 54.2 Å². The zero-order valence-electron chi connectivity index (χ0n) is 11.9. The lowest BCUT2D eigenvalue weighted by Gasteiger charge is -2.09. The van der Waals surface area contributed by atoms with E-state index in [0.29, 0.717) is 12.4 Å². The molecule has 0 fully saturated rings. The van der Waals surface area contributed by atoms with Crippen molar-refractivity contribution in [2.45, 2.75) is 24.8 Å². The van der Waals surface area contributed by atoms with Crippen molar-refractivity contribution in [1.29, 1.82) is 0 Å². The molecule has 0 bridgehead atoms. The summed E-state index contributed by atoms with van der Waals surface area (Å²) < 4.78 is 27.1. The van der Waals surface area contributed by atoms with Crippen LogP contribution in [0.25, 0.3) is 0 Å². The van der Waals surface area contributed by atoms with E-state index in [2.05, 4.69) is 21.9 Å². The van der Waals surface area contributed by atoms with Crippen molar-refractivity contribution in [3.63, 3.8) is 0 Å². The average Bonchev–Trinajstić information content (AvgIpc) is 2.48. The number of rotatable bonds is 7. The lowest BCUT2D eigenvalue weighted by atomic mass is 10.2. The van der Waals surface area contributed by atoms with Crippen molar-refractivity contribution >= 4 is 15.8 Å². The molecule has 0 amide bonds. The summed E-state index contributed by atoms with van der Waals surface area (Å²) >= 11 is 0. The number of benzene rings is 1. The van der Waals surface area contributed by atoms with Gasteiger partial charge in [0.15, 0.2) is 0 Å². The summed E-state index contributed by atoms with van der Waals surface area (Å²) in [6, 6.07) is 12.0. The molecule has 1 heterocycles. The Bertz CT molecular complexity index is 672. The number of hydrogen-bond donors (Lipinski definition) is 2. The number of nitrogens with zero attached hydrogens (tertiary/aromatic N) is 1. The summed E-state index contributed by atoms with van der Waals surface area (Å²) in [5.41, 5.74) is 0.937. The minimum Gasteiger partial charge on any atom is -0.313 e. The van der Waals surface area contributed by atoms with E-state index in [9.17, 15) is 8.42 Å². The largest absolute Gasteiger partial charge is 0.313 e. The molecule has 0 radical (unpaired) electrons. The number of pyridine rings is 1. The summed E-state index contributed by atoms with van der Waals surface area (Å²) in [5, 5.41) is 3.25. The molecule has 0 aliphatic carbocycles. The Kier molecular flexibility index (Phi) is 5.30. The van der Waals surface area contributed by atoms with E-state index in [1.54, 1.807) is 42.6 Å². The van der Waals surface area contributed by atoms with Crippen molar-refractivity contribution in [2.75, 3.05) is 11.3 Å². The van der Waals surface area contributed by atoms with Gasteiger partial charge in [0, 0.05) is 12.7 Å². The molecule has 6 heteroatoms. The van der Waals surface area contributed by atoms with E-state index in [-0.39, 0.29) is 4.90 Å². The van der Waals surface area contributed by atoms with Gasteiger partial charge >= 0.3 is 0 Å². The summed E-state index contributed by atoms with van der Waals surface area (Å²) in [7, 11) is -3.61. The fraction of sp³-hybridized carbons (Fsp3) is 0.267. The number of aromatic nitrogens is 1. The third kappa shape index (κ3) is 4.54. The Balaban J connectivity index is 2.14. The Hall–Kier alpha value is -1.92. The molecular weight excluding hydrogens is 286 g/mol. The van der Waals surface area contributed by atoms with Crippen LogP contribution in [-0.2, 0) is 16.6 Å². The topological polar surface area (TPSA) is 71.1 Å². The van der Waals surface area contributed by atoms with Crippen LogP contribution in [0.4, 0.5) is 5.82 Å². The Morgan fingerprint density at radius 3 is 2.71 bits per heavy atom. The molecule has 0 saturated carbocycles. The molecule has 0 spiro atoms. The maximum Gasteiger partial charge on any atom is 0.263 e. The highest BCUT2D eigenvalue weighted by molar-refractivity contribution is 7.92. The molecule has 1 aromatic carbocycles. The third-order valence-electron chi connectivity index (χ3n) is 2.87. The normalized spacial score (nSPS) is 11.3. The van der Waals surface area contributed by atoms with Crippen molar-refractivity contribution in [1.82, 2.24) is 10.3 Å². The molecule has 21 heavy (non-hydrogen) atoms. The van der Waals surface area contributed by atoms with Crippen molar-refractivity contribution in [2.24, 2.45) is 0 Å². The van der Waals surface area contributed by atoms with E-state index in [0.717, 1.165) is 18.5 Å². The molecule has 0 saturated heterocycles. The second-order valence-corrected chi connectivity index (χ2v) is 6.33. The van der Waals surface area contributed by atoms with Gasteiger partial charge in [0.2, 0.25) is 0 Å². The Labute approximate surface area is 125 Å². The molecule has 2 N–H and O–H groups in total. The zero-order valence-corrected chi connectivity index (χ0v) is 12.7.